The van der Waals surface area contributed by atoms with Gasteiger partial charge in [-0.3, -0.25) is 0 Å². The molecule has 2 N–H and O–H groups in total. The number of nitrogens with one attached hydrogen (secondary N) is 1. The summed E-state index contributed by atoms with van der Waals surface area (Å²) in [6, 6.07) is 4.69. The average molecular weight is 241 g/mol. The van der Waals surface area contributed by atoms with Crippen LogP contribution in [0.25, 0.3) is 0 Å². The maximum atomic E-state index is 9.27. The van der Waals surface area contributed by atoms with Gasteiger partial charge in [0.15, 0.2) is 0 Å². The smallest absolute Gasteiger partial charge is 0.0638 e. The van der Waals surface area contributed by atoms with Crippen molar-refractivity contribution >= 4 is 11.3 Å². The van der Waals surface area contributed by atoms with Crippen LogP contribution in [0.3, 0.4) is 0 Å². The van der Waals surface area contributed by atoms with Crippen molar-refractivity contribution in [1.29, 1.82) is 0 Å². The highest BCUT2D eigenvalue weighted by Gasteiger charge is 2.33. The first-order valence-corrected chi connectivity index (χ1v) is 6.62. The minimum absolute atomic E-state index is 0.0395. The number of thiophene rings is 1. The Morgan fingerprint density at radius 2 is 2.44 bits per heavy atom. The van der Waals surface area contributed by atoms with Crippen molar-refractivity contribution in [3.8, 4) is 0 Å². The van der Waals surface area contributed by atoms with Crippen molar-refractivity contribution in [2.24, 2.45) is 5.92 Å². The van der Waals surface area contributed by atoms with E-state index in [1.54, 1.807) is 18.4 Å². The zero-order valence-electron chi connectivity index (χ0n) is 9.56. The Bertz CT molecular complexity index is 298. The Labute approximate surface area is 100 Å². The Kier molecular flexibility index (Phi) is 4.35. The molecule has 4 heteroatoms. The van der Waals surface area contributed by atoms with E-state index in [4.69, 9.17) is 4.74 Å². The van der Waals surface area contributed by atoms with Gasteiger partial charge in [0.2, 0.25) is 0 Å². The first-order chi connectivity index (χ1) is 7.85. The summed E-state index contributed by atoms with van der Waals surface area (Å²) in [5.41, 5.74) is 0. The van der Waals surface area contributed by atoms with Gasteiger partial charge in [0.1, 0.15) is 0 Å². The number of ether oxygens (including phenoxy) is 1. The second-order valence-corrected chi connectivity index (χ2v) is 5.31. The number of aliphatic hydroxyl groups excluding tert-OH is 1. The molecule has 0 radical (unpaired) electrons. The van der Waals surface area contributed by atoms with Crippen LogP contribution < -0.4 is 5.32 Å². The Morgan fingerprint density at radius 1 is 1.62 bits per heavy atom. The average Bonchev–Trinajstić information content (AvgIpc) is 2.99. The van der Waals surface area contributed by atoms with Crippen molar-refractivity contribution in [3.05, 3.63) is 22.4 Å². The number of rotatable bonds is 7. The fourth-order valence-electron chi connectivity index (χ4n) is 1.96. The summed E-state index contributed by atoms with van der Waals surface area (Å²) in [4.78, 5) is 1.37. The van der Waals surface area contributed by atoms with E-state index < -0.39 is 0 Å². The summed E-state index contributed by atoms with van der Waals surface area (Å²) in [5.74, 6) is 0.740. The van der Waals surface area contributed by atoms with E-state index in [0.29, 0.717) is 12.6 Å². The Morgan fingerprint density at radius 3 is 2.94 bits per heavy atom. The molecule has 2 atom stereocenters. The molecule has 1 aromatic rings. The molecule has 1 aromatic heterocycles. The van der Waals surface area contributed by atoms with Crippen molar-refractivity contribution in [3.63, 3.8) is 0 Å². The van der Waals surface area contributed by atoms with Gasteiger partial charge >= 0.3 is 0 Å². The molecule has 0 aromatic carbocycles. The third-order valence-corrected chi connectivity index (χ3v) is 3.90. The maximum absolute atomic E-state index is 9.27. The van der Waals surface area contributed by atoms with E-state index >= 15 is 0 Å². The normalized spacial score (nSPS) is 19.6. The van der Waals surface area contributed by atoms with Crippen LogP contribution in [0.15, 0.2) is 17.5 Å². The molecule has 16 heavy (non-hydrogen) atoms. The highest BCUT2D eigenvalue weighted by atomic mass is 32.1. The van der Waals surface area contributed by atoms with Gasteiger partial charge in [-0.25, -0.2) is 0 Å². The topological polar surface area (TPSA) is 41.5 Å². The van der Waals surface area contributed by atoms with E-state index in [1.807, 2.05) is 0 Å². The molecule has 0 aliphatic heterocycles. The zero-order valence-corrected chi connectivity index (χ0v) is 10.4. The molecule has 1 fully saturated rings. The zero-order chi connectivity index (χ0) is 11.4. The van der Waals surface area contributed by atoms with Crippen molar-refractivity contribution < 1.29 is 9.84 Å². The van der Waals surface area contributed by atoms with Gasteiger partial charge in [0.05, 0.1) is 19.3 Å². The summed E-state index contributed by atoms with van der Waals surface area (Å²) < 4.78 is 5.09. The van der Waals surface area contributed by atoms with Crippen LogP contribution in [0, 0.1) is 5.92 Å². The summed E-state index contributed by atoms with van der Waals surface area (Å²) in [5, 5.41) is 14.9. The highest BCUT2D eigenvalue weighted by Crippen LogP contribution is 2.42. The molecule has 1 aliphatic carbocycles. The van der Waals surface area contributed by atoms with Crippen molar-refractivity contribution in [1.82, 2.24) is 5.32 Å². The Hall–Kier alpha value is -0.420. The van der Waals surface area contributed by atoms with Gasteiger partial charge < -0.3 is 15.2 Å². The van der Waals surface area contributed by atoms with Crippen LogP contribution in [0.2, 0.25) is 0 Å². The van der Waals surface area contributed by atoms with Crippen LogP contribution in [0.5, 0.6) is 0 Å². The van der Waals surface area contributed by atoms with Crippen LogP contribution in [-0.4, -0.2) is 31.5 Å². The quantitative estimate of drug-likeness (QED) is 0.765. The lowest BCUT2D eigenvalue weighted by atomic mass is 10.1. The molecule has 2 rings (SSSR count). The lowest BCUT2D eigenvalue weighted by molar-refractivity contribution is 0.120. The standard InChI is InChI=1S/C12H19NO2S/c1-15-8-10(7-14)13-12(9-4-5-9)11-3-2-6-16-11/h2-3,6,9-10,12-14H,4-5,7-8H2,1H3. The fraction of sp³-hybridized carbons (Fsp3) is 0.667. The van der Waals surface area contributed by atoms with E-state index in [2.05, 4.69) is 22.8 Å². The van der Waals surface area contributed by atoms with E-state index in [0.717, 1.165) is 5.92 Å². The predicted molar refractivity (Wildman–Crippen MR) is 65.7 cm³/mol. The molecule has 1 saturated carbocycles. The second kappa shape index (κ2) is 5.77. The SMILES string of the molecule is COCC(CO)NC(c1cccs1)C1CC1. The van der Waals surface area contributed by atoms with Crippen LogP contribution in [0.1, 0.15) is 23.8 Å². The molecule has 0 amide bonds. The Balaban J connectivity index is 1.97. The summed E-state index contributed by atoms with van der Waals surface area (Å²) in [6.07, 6.45) is 2.58. The molecule has 0 spiro atoms. The molecular weight excluding hydrogens is 222 g/mol. The molecule has 3 nitrogen and oxygen atoms in total. The summed E-state index contributed by atoms with van der Waals surface area (Å²) in [7, 11) is 1.67. The molecule has 0 bridgehead atoms. The van der Waals surface area contributed by atoms with Crippen LogP contribution in [-0.2, 0) is 4.74 Å². The van der Waals surface area contributed by atoms with Gasteiger partial charge in [-0.2, -0.15) is 0 Å². The summed E-state index contributed by atoms with van der Waals surface area (Å²) in [6.45, 7) is 0.688. The van der Waals surface area contributed by atoms with E-state index in [1.165, 1.54) is 17.7 Å². The largest absolute Gasteiger partial charge is 0.395 e. The van der Waals surface area contributed by atoms with Gasteiger partial charge in [-0.15, -0.1) is 11.3 Å². The van der Waals surface area contributed by atoms with Gasteiger partial charge in [0, 0.05) is 18.0 Å². The molecule has 1 heterocycles. The molecule has 1 aliphatic rings. The number of methoxy groups -OCH3 is 1. The fourth-order valence-corrected chi connectivity index (χ4v) is 2.84. The first-order valence-electron chi connectivity index (χ1n) is 5.74. The highest BCUT2D eigenvalue weighted by molar-refractivity contribution is 7.10. The minimum Gasteiger partial charge on any atom is -0.395 e. The van der Waals surface area contributed by atoms with E-state index in [-0.39, 0.29) is 12.6 Å². The lowest BCUT2D eigenvalue weighted by Crippen LogP contribution is -2.39. The maximum Gasteiger partial charge on any atom is 0.0638 e. The number of hydrogen-bond donors (Lipinski definition) is 2. The number of hydrogen-bond acceptors (Lipinski definition) is 4. The van der Waals surface area contributed by atoms with Crippen molar-refractivity contribution in [2.75, 3.05) is 20.3 Å². The molecule has 0 saturated heterocycles. The van der Waals surface area contributed by atoms with Crippen molar-refractivity contribution in [2.45, 2.75) is 24.9 Å². The predicted octanol–water partition coefficient (Wildman–Crippen LogP) is 1.80. The lowest BCUT2D eigenvalue weighted by Gasteiger charge is -2.23. The van der Waals surface area contributed by atoms with Crippen LogP contribution in [0.4, 0.5) is 0 Å². The van der Waals surface area contributed by atoms with Gasteiger partial charge in [-0.1, -0.05) is 6.07 Å². The number of aliphatic hydroxyl groups is 1. The van der Waals surface area contributed by atoms with Crippen LogP contribution >= 0.6 is 11.3 Å². The third-order valence-electron chi connectivity index (χ3n) is 2.95. The molecular formula is C12H19NO2S. The van der Waals surface area contributed by atoms with Gasteiger partial charge in [-0.05, 0) is 30.2 Å². The second-order valence-electron chi connectivity index (χ2n) is 4.33. The monoisotopic (exact) mass is 241 g/mol. The van der Waals surface area contributed by atoms with E-state index in [9.17, 15) is 5.11 Å². The molecule has 2 unspecified atom stereocenters. The van der Waals surface area contributed by atoms with Gasteiger partial charge in [0.25, 0.3) is 0 Å². The minimum atomic E-state index is 0.0395. The summed E-state index contributed by atoms with van der Waals surface area (Å²) >= 11 is 1.78. The molecule has 90 valence electrons. The first kappa shape index (κ1) is 12.0. The third kappa shape index (κ3) is 3.04.